The summed E-state index contributed by atoms with van der Waals surface area (Å²) < 4.78 is 13.5. The SMILES string of the molecule is O=C(CC1CCNCC1)Nc1cncc(-c2cc3c(-c4cc5c(-c6ccc(F)cc6)ccnc5[nH]4)n[nH]c3cn2)c1. The van der Waals surface area contributed by atoms with E-state index in [9.17, 15) is 9.18 Å². The topological polar surface area (TPSA) is 124 Å². The number of pyridine rings is 3. The van der Waals surface area contributed by atoms with Gasteiger partial charge in [0.25, 0.3) is 0 Å². The predicted octanol–water partition coefficient (Wildman–Crippen LogP) is 5.70. The molecule has 0 unspecified atom stereocenters. The second-order valence-electron chi connectivity index (χ2n) is 10.4. The maximum Gasteiger partial charge on any atom is 0.224 e. The van der Waals surface area contributed by atoms with Gasteiger partial charge in [0.1, 0.15) is 17.2 Å². The van der Waals surface area contributed by atoms with Crippen LogP contribution in [-0.2, 0) is 4.79 Å². The Morgan fingerprint density at radius 3 is 2.66 bits per heavy atom. The zero-order valence-electron chi connectivity index (χ0n) is 22.1. The molecule has 10 heteroatoms. The van der Waals surface area contributed by atoms with Crippen LogP contribution in [0.5, 0.6) is 0 Å². The number of nitrogens with zero attached hydrogens (tertiary/aromatic N) is 4. The second-order valence-corrected chi connectivity index (χ2v) is 10.4. The Bertz CT molecular complexity index is 1870. The monoisotopic (exact) mass is 546 g/mol. The Hall–Kier alpha value is -4.96. The van der Waals surface area contributed by atoms with Gasteiger partial charge in [-0.05, 0) is 79.4 Å². The third-order valence-electron chi connectivity index (χ3n) is 7.64. The molecular formula is C31H27FN8O. The van der Waals surface area contributed by atoms with Gasteiger partial charge in [-0.3, -0.25) is 19.9 Å². The van der Waals surface area contributed by atoms with Crippen LogP contribution in [0.4, 0.5) is 10.1 Å². The lowest BCUT2D eigenvalue weighted by molar-refractivity contribution is -0.117. The highest BCUT2D eigenvalue weighted by Gasteiger charge is 2.18. The lowest BCUT2D eigenvalue weighted by Gasteiger charge is -2.21. The molecule has 204 valence electrons. The maximum atomic E-state index is 13.5. The van der Waals surface area contributed by atoms with Crippen molar-refractivity contribution in [1.82, 2.24) is 35.5 Å². The van der Waals surface area contributed by atoms with Gasteiger partial charge in [-0.25, -0.2) is 9.37 Å². The Morgan fingerprint density at radius 1 is 0.951 bits per heavy atom. The van der Waals surface area contributed by atoms with Gasteiger partial charge in [0.15, 0.2) is 0 Å². The van der Waals surface area contributed by atoms with E-state index in [-0.39, 0.29) is 11.7 Å². The predicted molar refractivity (Wildman–Crippen MR) is 156 cm³/mol. The van der Waals surface area contributed by atoms with Crippen molar-refractivity contribution in [2.45, 2.75) is 19.3 Å². The fourth-order valence-corrected chi connectivity index (χ4v) is 5.52. The van der Waals surface area contributed by atoms with Crippen molar-refractivity contribution in [2.24, 2.45) is 5.92 Å². The summed E-state index contributed by atoms with van der Waals surface area (Å²) in [5.41, 5.74) is 7.01. The molecule has 0 saturated carbocycles. The lowest BCUT2D eigenvalue weighted by atomic mass is 9.94. The molecule has 4 N–H and O–H groups in total. The number of carbonyl (C=O) groups is 1. The van der Waals surface area contributed by atoms with Gasteiger partial charge in [-0.15, -0.1) is 0 Å². The number of aromatic amines is 2. The number of anilines is 1. The summed E-state index contributed by atoms with van der Waals surface area (Å²) in [6, 6.07) is 14.2. The molecule has 1 aromatic carbocycles. The summed E-state index contributed by atoms with van der Waals surface area (Å²) in [5, 5.41) is 15.8. The zero-order valence-corrected chi connectivity index (χ0v) is 22.1. The first-order valence-corrected chi connectivity index (χ1v) is 13.6. The molecule has 0 atom stereocenters. The minimum Gasteiger partial charge on any atom is -0.338 e. The first-order valence-electron chi connectivity index (χ1n) is 13.6. The number of nitrogens with one attached hydrogen (secondary N) is 4. The number of hydrogen-bond acceptors (Lipinski definition) is 6. The number of carbonyl (C=O) groups excluding carboxylic acids is 1. The van der Waals surface area contributed by atoms with Crippen LogP contribution in [0.25, 0.3) is 55.7 Å². The van der Waals surface area contributed by atoms with Crippen LogP contribution in [0.2, 0.25) is 0 Å². The van der Waals surface area contributed by atoms with E-state index < -0.39 is 0 Å². The van der Waals surface area contributed by atoms with Crippen LogP contribution < -0.4 is 10.6 Å². The van der Waals surface area contributed by atoms with E-state index in [2.05, 4.69) is 40.8 Å². The number of aromatic nitrogens is 6. The van der Waals surface area contributed by atoms with E-state index in [1.54, 1.807) is 36.9 Å². The average molecular weight is 547 g/mol. The van der Waals surface area contributed by atoms with Crippen molar-refractivity contribution in [3.8, 4) is 33.8 Å². The molecule has 0 bridgehead atoms. The maximum absolute atomic E-state index is 13.5. The molecule has 9 nitrogen and oxygen atoms in total. The molecule has 1 saturated heterocycles. The van der Waals surface area contributed by atoms with Crippen LogP contribution in [0.15, 0.2) is 73.3 Å². The third-order valence-corrected chi connectivity index (χ3v) is 7.64. The summed E-state index contributed by atoms with van der Waals surface area (Å²) in [7, 11) is 0. The van der Waals surface area contributed by atoms with Crippen molar-refractivity contribution >= 4 is 33.5 Å². The molecular weight excluding hydrogens is 519 g/mol. The molecule has 1 aliphatic rings. The highest BCUT2D eigenvalue weighted by molar-refractivity contribution is 6.00. The number of amides is 1. The number of H-pyrrole nitrogens is 2. The molecule has 6 aromatic rings. The van der Waals surface area contributed by atoms with Gasteiger partial charge in [0.05, 0.1) is 35.0 Å². The molecule has 41 heavy (non-hydrogen) atoms. The number of benzene rings is 1. The molecule has 7 rings (SSSR count). The fraction of sp³-hybridized carbons (Fsp3) is 0.194. The smallest absolute Gasteiger partial charge is 0.224 e. The molecule has 5 aromatic heterocycles. The van der Waals surface area contributed by atoms with E-state index in [1.165, 1.54) is 12.1 Å². The standard InChI is InChI=1S/C31H27FN8O/c32-21-3-1-19(2-4-21)23-7-10-35-31-24(23)13-27(38-31)30-25-14-26(36-17-28(25)39-40-30)20-12-22(16-34-15-20)37-29(41)11-18-5-8-33-9-6-18/h1-4,7,10,12-18,33H,5-6,8-9,11H2,(H,35,38)(H,37,41)(H,39,40). The number of hydrogen-bond donors (Lipinski definition) is 4. The van der Waals surface area contributed by atoms with Gasteiger partial charge in [-0.2, -0.15) is 5.10 Å². The number of piperidine rings is 1. The van der Waals surface area contributed by atoms with Gasteiger partial charge < -0.3 is 15.6 Å². The van der Waals surface area contributed by atoms with E-state index in [1.807, 2.05) is 24.3 Å². The first-order chi connectivity index (χ1) is 20.1. The van der Waals surface area contributed by atoms with Gasteiger partial charge >= 0.3 is 0 Å². The van der Waals surface area contributed by atoms with Crippen molar-refractivity contribution in [2.75, 3.05) is 18.4 Å². The van der Waals surface area contributed by atoms with Crippen LogP contribution in [0.1, 0.15) is 19.3 Å². The Kier molecular flexibility index (Phi) is 6.44. The first kappa shape index (κ1) is 25.0. The quantitative estimate of drug-likeness (QED) is 0.213. The van der Waals surface area contributed by atoms with E-state index in [4.69, 9.17) is 0 Å². The highest BCUT2D eigenvalue weighted by Crippen LogP contribution is 2.34. The van der Waals surface area contributed by atoms with Crippen molar-refractivity contribution in [3.63, 3.8) is 0 Å². The fourth-order valence-electron chi connectivity index (χ4n) is 5.52. The molecule has 0 spiro atoms. The average Bonchev–Trinajstić information content (AvgIpc) is 3.62. The molecule has 1 fully saturated rings. The summed E-state index contributed by atoms with van der Waals surface area (Å²) in [5.74, 6) is 0.132. The van der Waals surface area contributed by atoms with Crippen molar-refractivity contribution in [3.05, 3.63) is 79.1 Å². The van der Waals surface area contributed by atoms with Gasteiger partial charge in [0.2, 0.25) is 5.91 Å². The molecule has 0 radical (unpaired) electrons. The van der Waals surface area contributed by atoms with E-state index in [0.29, 0.717) is 29.4 Å². The third kappa shape index (κ3) is 5.05. The summed E-state index contributed by atoms with van der Waals surface area (Å²) >= 11 is 0. The molecule has 6 heterocycles. The summed E-state index contributed by atoms with van der Waals surface area (Å²) in [6.07, 6.45) is 9.41. The number of fused-ring (bicyclic) bond motifs is 2. The largest absolute Gasteiger partial charge is 0.338 e. The molecule has 1 aliphatic heterocycles. The minimum atomic E-state index is -0.276. The van der Waals surface area contributed by atoms with Crippen molar-refractivity contribution in [1.29, 1.82) is 0 Å². The van der Waals surface area contributed by atoms with Crippen LogP contribution >= 0.6 is 0 Å². The van der Waals surface area contributed by atoms with Gasteiger partial charge in [-0.1, -0.05) is 12.1 Å². The molecule has 1 amide bonds. The minimum absolute atomic E-state index is 0.00353. The van der Waals surface area contributed by atoms with E-state index >= 15 is 0 Å². The second kappa shape index (κ2) is 10.5. The molecule has 0 aliphatic carbocycles. The zero-order chi connectivity index (χ0) is 27.8. The highest BCUT2D eigenvalue weighted by atomic mass is 19.1. The Labute approximate surface area is 234 Å². The van der Waals surface area contributed by atoms with Crippen LogP contribution in [-0.4, -0.2) is 49.1 Å². The lowest BCUT2D eigenvalue weighted by Crippen LogP contribution is -2.30. The Balaban J connectivity index is 1.19. The normalized spacial score (nSPS) is 14.1. The van der Waals surface area contributed by atoms with Crippen LogP contribution in [0, 0.1) is 11.7 Å². The number of halogens is 1. The number of rotatable bonds is 6. The van der Waals surface area contributed by atoms with Gasteiger partial charge in [0, 0.05) is 35.2 Å². The Morgan fingerprint density at radius 2 is 1.80 bits per heavy atom. The van der Waals surface area contributed by atoms with Crippen molar-refractivity contribution < 1.29 is 9.18 Å². The van der Waals surface area contributed by atoms with E-state index in [0.717, 1.165) is 70.3 Å². The summed E-state index contributed by atoms with van der Waals surface area (Å²) in [4.78, 5) is 29.5. The summed E-state index contributed by atoms with van der Waals surface area (Å²) in [6.45, 7) is 1.92. The van der Waals surface area contributed by atoms with Crippen LogP contribution in [0.3, 0.4) is 0 Å².